The highest BCUT2D eigenvalue weighted by Gasteiger charge is 2.24. The number of carboxylic acid groups (broad SMARTS) is 1. The summed E-state index contributed by atoms with van der Waals surface area (Å²) in [6, 6.07) is 9.14. The molecular weight excluding hydrogens is 370 g/mol. The van der Waals surface area contributed by atoms with E-state index in [9.17, 15) is 15.0 Å². The molecule has 27 heavy (non-hydrogen) atoms. The van der Waals surface area contributed by atoms with Gasteiger partial charge in [0, 0.05) is 42.0 Å². The van der Waals surface area contributed by atoms with Gasteiger partial charge in [-0.3, -0.25) is 4.09 Å². The number of aromatic carboxylic acids is 1. The highest BCUT2D eigenvalue weighted by Crippen LogP contribution is 2.33. The number of carboxylic acids is 1. The van der Waals surface area contributed by atoms with Crippen molar-refractivity contribution in [2.24, 2.45) is 0 Å². The third-order valence-corrected chi connectivity index (χ3v) is 5.10. The van der Waals surface area contributed by atoms with Gasteiger partial charge >= 0.3 is 5.97 Å². The van der Waals surface area contributed by atoms with Crippen LogP contribution in [0.3, 0.4) is 0 Å². The van der Waals surface area contributed by atoms with Gasteiger partial charge in [-0.25, -0.2) is 9.78 Å². The molecule has 1 saturated heterocycles. The predicted octanol–water partition coefficient (Wildman–Crippen LogP) is 2.98. The number of aromatic nitrogens is 2. The number of rotatable bonds is 4. The van der Waals surface area contributed by atoms with Gasteiger partial charge in [-0.2, -0.15) is 0 Å². The zero-order valence-electron chi connectivity index (χ0n) is 14.6. The number of halogens is 1. The van der Waals surface area contributed by atoms with Gasteiger partial charge in [-0.1, -0.05) is 6.07 Å². The van der Waals surface area contributed by atoms with E-state index in [0.29, 0.717) is 29.0 Å². The minimum atomic E-state index is -1.04. The molecule has 1 aliphatic heterocycles. The van der Waals surface area contributed by atoms with Crippen LogP contribution in [0, 0.1) is 0 Å². The summed E-state index contributed by atoms with van der Waals surface area (Å²) in [6.07, 6.45) is 1.76. The number of ether oxygens (including phenoxy) is 1. The van der Waals surface area contributed by atoms with Crippen LogP contribution in [0.4, 0.5) is 5.69 Å². The van der Waals surface area contributed by atoms with Gasteiger partial charge in [-0.05, 0) is 30.7 Å². The SMILES string of the molecule is COc1nc(-c2ccc3c(c2)c(C(=O)O)cn3Cl)ccc1N1CCC(O)C1. The molecule has 3 aromatic rings. The number of pyridine rings is 1. The van der Waals surface area contributed by atoms with E-state index >= 15 is 0 Å². The van der Waals surface area contributed by atoms with Gasteiger partial charge in [0.05, 0.1) is 35.7 Å². The van der Waals surface area contributed by atoms with E-state index < -0.39 is 5.97 Å². The van der Waals surface area contributed by atoms with Crippen LogP contribution in [-0.2, 0) is 0 Å². The molecule has 1 atom stereocenters. The Morgan fingerprint density at radius 2 is 2.15 bits per heavy atom. The number of β-amino-alcohol motifs (C(OH)–C–C–N with tert-alkyl or cyclic N) is 1. The molecule has 1 unspecified atom stereocenters. The van der Waals surface area contributed by atoms with Gasteiger partial charge in [0.25, 0.3) is 0 Å². The molecule has 1 fully saturated rings. The van der Waals surface area contributed by atoms with Crippen molar-refractivity contribution in [1.82, 2.24) is 9.07 Å². The van der Waals surface area contributed by atoms with E-state index in [1.165, 1.54) is 10.3 Å². The zero-order valence-corrected chi connectivity index (χ0v) is 15.3. The van der Waals surface area contributed by atoms with Crippen molar-refractivity contribution >= 4 is 34.3 Å². The molecule has 0 amide bonds. The summed E-state index contributed by atoms with van der Waals surface area (Å²) < 4.78 is 6.73. The minimum Gasteiger partial charge on any atom is -0.480 e. The molecule has 0 bridgehead atoms. The Balaban J connectivity index is 1.77. The number of nitrogens with zero attached hydrogens (tertiary/aromatic N) is 3. The van der Waals surface area contributed by atoms with Gasteiger partial charge in [0.2, 0.25) is 5.88 Å². The summed E-state index contributed by atoms with van der Waals surface area (Å²) in [5, 5.41) is 19.7. The fraction of sp³-hybridized carbons (Fsp3) is 0.263. The minimum absolute atomic E-state index is 0.136. The third-order valence-electron chi connectivity index (χ3n) is 4.82. The van der Waals surface area contributed by atoms with E-state index in [1.54, 1.807) is 19.2 Å². The molecule has 140 valence electrons. The maximum absolute atomic E-state index is 11.5. The number of fused-ring (bicyclic) bond motifs is 1. The third kappa shape index (κ3) is 3.09. The number of methoxy groups -OCH3 is 1. The quantitative estimate of drug-likeness (QED) is 0.715. The molecule has 0 spiro atoms. The number of hydrogen-bond acceptors (Lipinski definition) is 5. The molecule has 1 aromatic carbocycles. The Morgan fingerprint density at radius 1 is 1.33 bits per heavy atom. The summed E-state index contributed by atoms with van der Waals surface area (Å²) in [5.41, 5.74) is 3.01. The maximum Gasteiger partial charge on any atom is 0.337 e. The van der Waals surface area contributed by atoms with E-state index in [-0.39, 0.29) is 11.7 Å². The molecule has 7 nitrogen and oxygen atoms in total. The van der Waals surface area contributed by atoms with Crippen molar-refractivity contribution in [3.8, 4) is 17.1 Å². The molecule has 2 N–H and O–H groups in total. The van der Waals surface area contributed by atoms with Crippen molar-refractivity contribution in [2.45, 2.75) is 12.5 Å². The molecule has 0 aliphatic carbocycles. The van der Waals surface area contributed by atoms with E-state index in [2.05, 4.69) is 4.98 Å². The summed E-state index contributed by atoms with van der Waals surface area (Å²) in [6.45, 7) is 1.30. The first-order chi connectivity index (χ1) is 13.0. The molecule has 0 saturated carbocycles. The molecule has 8 heteroatoms. The first-order valence-electron chi connectivity index (χ1n) is 8.51. The lowest BCUT2D eigenvalue weighted by molar-refractivity contribution is 0.0699. The first kappa shape index (κ1) is 17.6. The molecule has 0 radical (unpaired) electrons. The predicted molar refractivity (Wildman–Crippen MR) is 103 cm³/mol. The fourth-order valence-corrected chi connectivity index (χ4v) is 3.71. The highest BCUT2D eigenvalue weighted by atomic mass is 35.5. The molecule has 3 heterocycles. The van der Waals surface area contributed by atoms with Crippen molar-refractivity contribution in [1.29, 1.82) is 0 Å². The van der Waals surface area contributed by atoms with Gasteiger partial charge in [0.1, 0.15) is 0 Å². The number of carbonyl (C=O) groups is 1. The van der Waals surface area contributed by atoms with Crippen molar-refractivity contribution in [3.05, 3.63) is 42.1 Å². The lowest BCUT2D eigenvalue weighted by atomic mass is 10.1. The Hall–Kier alpha value is -2.77. The Labute approximate surface area is 160 Å². The summed E-state index contributed by atoms with van der Waals surface area (Å²) in [5.74, 6) is -0.569. The number of aliphatic hydroxyl groups is 1. The maximum atomic E-state index is 11.5. The smallest absolute Gasteiger partial charge is 0.337 e. The average molecular weight is 388 g/mol. The second-order valence-electron chi connectivity index (χ2n) is 6.50. The zero-order chi connectivity index (χ0) is 19.1. The van der Waals surface area contributed by atoms with Crippen LogP contribution in [0.5, 0.6) is 5.88 Å². The van der Waals surface area contributed by atoms with Crippen molar-refractivity contribution < 1.29 is 19.7 Å². The van der Waals surface area contributed by atoms with Crippen LogP contribution >= 0.6 is 11.8 Å². The van der Waals surface area contributed by atoms with E-state index in [0.717, 1.165) is 24.2 Å². The number of hydrogen-bond donors (Lipinski definition) is 2. The van der Waals surface area contributed by atoms with Crippen LogP contribution in [0.2, 0.25) is 0 Å². The molecular formula is C19H18ClN3O4. The van der Waals surface area contributed by atoms with Crippen LogP contribution in [-0.4, -0.2) is 51.6 Å². The van der Waals surface area contributed by atoms with Crippen LogP contribution < -0.4 is 9.64 Å². The molecule has 1 aliphatic rings. The van der Waals surface area contributed by atoms with Gasteiger partial charge < -0.3 is 19.8 Å². The highest BCUT2D eigenvalue weighted by molar-refractivity contribution is 6.21. The molecule has 2 aromatic heterocycles. The lowest BCUT2D eigenvalue weighted by Crippen LogP contribution is -2.22. The van der Waals surface area contributed by atoms with E-state index in [4.69, 9.17) is 16.5 Å². The second kappa shape index (κ2) is 6.75. The van der Waals surface area contributed by atoms with Crippen LogP contribution in [0.25, 0.3) is 22.2 Å². The normalized spacial score (nSPS) is 16.9. The van der Waals surface area contributed by atoms with Crippen LogP contribution in [0.1, 0.15) is 16.8 Å². The average Bonchev–Trinajstić information content (AvgIpc) is 3.24. The number of anilines is 1. The Morgan fingerprint density at radius 3 is 2.81 bits per heavy atom. The topological polar surface area (TPSA) is 87.8 Å². The summed E-state index contributed by atoms with van der Waals surface area (Å²) >= 11 is 6.06. The van der Waals surface area contributed by atoms with Crippen molar-refractivity contribution in [2.75, 3.05) is 25.1 Å². The second-order valence-corrected chi connectivity index (χ2v) is 6.87. The monoisotopic (exact) mass is 387 g/mol. The Bertz CT molecular complexity index is 1030. The number of aliphatic hydroxyl groups excluding tert-OH is 1. The van der Waals surface area contributed by atoms with Gasteiger partial charge in [0.15, 0.2) is 0 Å². The summed E-state index contributed by atoms with van der Waals surface area (Å²) in [4.78, 5) is 18.1. The Kier molecular flexibility index (Phi) is 4.41. The largest absolute Gasteiger partial charge is 0.480 e. The van der Waals surface area contributed by atoms with Crippen molar-refractivity contribution in [3.63, 3.8) is 0 Å². The molecule has 4 rings (SSSR count). The first-order valence-corrected chi connectivity index (χ1v) is 8.84. The van der Waals surface area contributed by atoms with E-state index in [1.807, 2.05) is 23.1 Å². The lowest BCUT2D eigenvalue weighted by Gasteiger charge is -2.20. The standard InChI is InChI=1S/C19H18ClN3O4/c1-27-18-17(22-7-6-12(24)9-22)5-3-15(21-18)11-2-4-16-13(8-11)14(19(25)26)10-23(16)20/h2-5,8,10,12,24H,6-7,9H2,1H3,(H,25,26). The number of benzene rings is 1. The fourth-order valence-electron chi connectivity index (χ4n) is 3.47. The summed E-state index contributed by atoms with van der Waals surface area (Å²) in [7, 11) is 1.56. The van der Waals surface area contributed by atoms with Crippen LogP contribution in [0.15, 0.2) is 36.5 Å². The van der Waals surface area contributed by atoms with Gasteiger partial charge in [-0.15, -0.1) is 0 Å².